The molecule has 0 aliphatic heterocycles. The fraction of sp³-hybridized carbons (Fsp3) is 0.190. The van der Waals surface area contributed by atoms with Gasteiger partial charge in [0.05, 0.1) is 17.2 Å². The summed E-state index contributed by atoms with van der Waals surface area (Å²) in [5.74, 6) is -1.63. The maximum Gasteiger partial charge on any atom is 0.327 e. The Hall–Kier alpha value is -4.01. The van der Waals surface area contributed by atoms with E-state index in [1.807, 2.05) is 0 Å². The molecule has 0 saturated carbocycles. The fourth-order valence-corrected chi connectivity index (χ4v) is 2.81. The van der Waals surface area contributed by atoms with Crippen LogP contribution in [-0.2, 0) is 20.9 Å². The minimum absolute atomic E-state index is 0.326. The van der Waals surface area contributed by atoms with Crippen LogP contribution in [0.2, 0.25) is 0 Å². The van der Waals surface area contributed by atoms with Crippen LogP contribution in [0.15, 0.2) is 65.7 Å². The fourth-order valence-electron chi connectivity index (χ4n) is 2.81. The second-order valence-electron chi connectivity index (χ2n) is 6.32. The lowest BCUT2D eigenvalue weighted by Crippen LogP contribution is -2.42. The number of para-hydroxylation sites is 1. The Balaban J connectivity index is 1.80. The number of amides is 3. The van der Waals surface area contributed by atoms with Crippen LogP contribution in [0.4, 0.5) is 4.79 Å². The maximum absolute atomic E-state index is 12.6. The number of rotatable bonds is 6. The van der Waals surface area contributed by atoms with Crippen molar-refractivity contribution in [2.45, 2.75) is 19.6 Å². The molecule has 0 saturated heterocycles. The molecule has 1 aromatic heterocycles. The van der Waals surface area contributed by atoms with Crippen molar-refractivity contribution < 1.29 is 19.1 Å². The van der Waals surface area contributed by atoms with E-state index in [4.69, 9.17) is 4.74 Å². The number of nitrogens with zero attached hydrogens (tertiary/aromatic N) is 2. The lowest BCUT2D eigenvalue weighted by molar-refractivity contribution is -0.156. The van der Waals surface area contributed by atoms with Crippen LogP contribution in [0.1, 0.15) is 18.6 Å². The molecular weight excluding hydrogens is 388 g/mol. The summed E-state index contributed by atoms with van der Waals surface area (Å²) in [7, 11) is 0. The summed E-state index contributed by atoms with van der Waals surface area (Å²) in [5.41, 5.74) is 0.493. The Labute approximate surface area is 171 Å². The van der Waals surface area contributed by atoms with Crippen molar-refractivity contribution in [3.05, 3.63) is 76.8 Å². The Morgan fingerprint density at radius 3 is 2.50 bits per heavy atom. The number of aromatic nitrogens is 2. The first-order valence-corrected chi connectivity index (χ1v) is 9.27. The lowest BCUT2D eigenvalue weighted by atomic mass is 10.1. The van der Waals surface area contributed by atoms with Gasteiger partial charge in [-0.05, 0) is 19.1 Å². The summed E-state index contributed by atoms with van der Waals surface area (Å²) in [6.45, 7) is 1.59. The second kappa shape index (κ2) is 9.46. The molecule has 154 valence electrons. The van der Waals surface area contributed by atoms with E-state index in [-0.39, 0.29) is 0 Å². The van der Waals surface area contributed by atoms with Crippen LogP contribution in [0, 0.1) is 0 Å². The van der Waals surface area contributed by atoms with Gasteiger partial charge in [-0.1, -0.05) is 42.5 Å². The average molecular weight is 408 g/mol. The van der Waals surface area contributed by atoms with Crippen LogP contribution in [-0.4, -0.2) is 34.0 Å². The molecule has 3 rings (SSSR count). The number of imide groups is 1. The third kappa shape index (κ3) is 4.88. The highest BCUT2D eigenvalue weighted by Gasteiger charge is 2.26. The molecular formula is C21H20N4O5. The van der Waals surface area contributed by atoms with Crippen molar-refractivity contribution in [2.24, 2.45) is 0 Å². The smallest absolute Gasteiger partial charge is 0.327 e. The van der Waals surface area contributed by atoms with E-state index in [0.717, 1.165) is 4.57 Å². The predicted molar refractivity (Wildman–Crippen MR) is 108 cm³/mol. The Kier molecular flexibility index (Phi) is 6.53. The zero-order chi connectivity index (χ0) is 21.5. The van der Waals surface area contributed by atoms with Gasteiger partial charge in [-0.15, -0.1) is 0 Å². The predicted octanol–water partition coefficient (Wildman–Crippen LogP) is 1.53. The number of nitrogens with one attached hydrogen (secondary N) is 2. The van der Waals surface area contributed by atoms with Crippen LogP contribution in [0.25, 0.3) is 10.9 Å². The van der Waals surface area contributed by atoms with Crippen LogP contribution in [0.3, 0.4) is 0 Å². The molecule has 0 bridgehead atoms. The second-order valence-corrected chi connectivity index (χ2v) is 6.32. The highest BCUT2D eigenvalue weighted by atomic mass is 16.5. The minimum atomic E-state index is -1.36. The van der Waals surface area contributed by atoms with Gasteiger partial charge in [0.15, 0.2) is 0 Å². The number of benzene rings is 2. The van der Waals surface area contributed by atoms with Gasteiger partial charge in [-0.25, -0.2) is 9.78 Å². The number of hydrogen-bond donors (Lipinski definition) is 2. The van der Waals surface area contributed by atoms with E-state index in [1.54, 1.807) is 61.5 Å². The first-order chi connectivity index (χ1) is 14.5. The van der Waals surface area contributed by atoms with E-state index in [9.17, 15) is 19.2 Å². The molecule has 0 aliphatic carbocycles. The van der Waals surface area contributed by atoms with E-state index in [2.05, 4.69) is 15.6 Å². The topological polar surface area (TPSA) is 119 Å². The quantitative estimate of drug-likeness (QED) is 0.597. The Morgan fingerprint density at radius 1 is 1.07 bits per heavy atom. The minimum Gasteiger partial charge on any atom is -0.446 e. The van der Waals surface area contributed by atoms with Gasteiger partial charge in [-0.2, -0.15) is 0 Å². The molecule has 1 atom stereocenters. The summed E-state index contributed by atoms with van der Waals surface area (Å²) >= 11 is 0. The van der Waals surface area contributed by atoms with Crippen molar-refractivity contribution in [1.29, 1.82) is 0 Å². The summed E-state index contributed by atoms with van der Waals surface area (Å²) < 4.78 is 6.44. The SMILES string of the molecule is CCNC(=O)NC(=O)[C@H](OC(=O)Cn1cnc2ccccc2c1=O)c1ccccc1. The highest BCUT2D eigenvalue weighted by molar-refractivity contribution is 5.97. The van der Waals surface area contributed by atoms with Crippen LogP contribution >= 0.6 is 0 Å². The standard InChI is InChI=1S/C21H20N4O5/c1-2-22-21(29)24-19(27)18(14-8-4-3-5-9-14)30-17(26)12-25-13-23-16-11-7-6-10-15(16)20(25)28/h3-11,13,18H,2,12H2,1H3,(H2,22,24,27,29)/t18-/m1/s1. The lowest BCUT2D eigenvalue weighted by Gasteiger charge is -2.18. The molecule has 0 fully saturated rings. The van der Waals surface area contributed by atoms with E-state index in [0.29, 0.717) is 23.0 Å². The third-order valence-electron chi connectivity index (χ3n) is 4.19. The molecule has 1 heterocycles. The number of carbonyl (C=O) groups excluding carboxylic acids is 3. The summed E-state index contributed by atoms with van der Waals surface area (Å²) in [4.78, 5) is 53.4. The number of ether oxygens (including phenoxy) is 1. The molecule has 0 unspecified atom stereocenters. The first kappa shape index (κ1) is 20.7. The normalized spacial score (nSPS) is 11.5. The number of urea groups is 1. The van der Waals surface area contributed by atoms with E-state index < -0.39 is 36.1 Å². The molecule has 0 aliphatic rings. The summed E-state index contributed by atoms with van der Waals surface area (Å²) in [6.07, 6.45) is -0.108. The monoisotopic (exact) mass is 408 g/mol. The van der Waals surface area contributed by atoms with Gasteiger partial charge in [0.1, 0.15) is 6.54 Å². The molecule has 0 spiro atoms. The van der Waals surface area contributed by atoms with E-state index in [1.165, 1.54) is 6.33 Å². The van der Waals surface area contributed by atoms with Crippen molar-refractivity contribution in [3.8, 4) is 0 Å². The molecule has 3 aromatic rings. The van der Waals surface area contributed by atoms with Crippen LogP contribution in [0.5, 0.6) is 0 Å². The molecule has 2 aromatic carbocycles. The zero-order valence-corrected chi connectivity index (χ0v) is 16.2. The Bertz CT molecular complexity index is 1130. The third-order valence-corrected chi connectivity index (χ3v) is 4.19. The van der Waals surface area contributed by atoms with Gasteiger partial charge >= 0.3 is 12.0 Å². The van der Waals surface area contributed by atoms with Gasteiger partial charge in [-0.3, -0.25) is 24.3 Å². The average Bonchev–Trinajstić information content (AvgIpc) is 2.75. The maximum atomic E-state index is 12.6. The molecule has 2 N–H and O–H groups in total. The van der Waals surface area contributed by atoms with Crippen molar-refractivity contribution >= 4 is 28.8 Å². The van der Waals surface area contributed by atoms with Crippen molar-refractivity contribution in [1.82, 2.24) is 20.2 Å². The summed E-state index contributed by atoms with van der Waals surface area (Å²) in [5, 5.41) is 4.93. The number of esters is 1. The van der Waals surface area contributed by atoms with Crippen LogP contribution < -0.4 is 16.2 Å². The zero-order valence-electron chi connectivity index (χ0n) is 16.2. The largest absolute Gasteiger partial charge is 0.446 e. The Morgan fingerprint density at radius 2 is 1.77 bits per heavy atom. The van der Waals surface area contributed by atoms with E-state index >= 15 is 0 Å². The summed E-state index contributed by atoms with van der Waals surface area (Å²) in [6, 6.07) is 14.3. The number of hydrogen-bond acceptors (Lipinski definition) is 6. The molecule has 9 heteroatoms. The van der Waals surface area contributed by atoms with Crippen molar-refractivity contribution in [2.75, 3.05) is 6.54 Å². The van der Waals surface area contributed by atoms with Gasteiger partial charge in [0.2, 0.25) is 6.10 Å². The van der Waals surface area contributed by atoms with Gasteiger partial charge in [0.25, 0.3) is 11.5 Å². The van der Waals surface area contributed by atoms with Gasteiger partial charge < -0.3 is 10.1 Å². The first-order valence-electron chi connectivity index (χ1n) is 9.27. The molecule has 9 nitrogen and oxygen atoms in total. The molecule has 3 amide bonds. The van der Waals surface area contributed by atoms with Crippen molar-refractivity contribution in [3.63, 3.8) is 0 Å². The molecule has 30 heavy (non-hydrogen) atoms. The van der Waals surface area contributed by atoms with Gasteiger partial charge in [0, 0.05) is 12.1 Å². The number of carbonyl (C=O) groups is 3. The highest BCUT2D eigenvalue weighted by Crippen LogP contribution is 2.18. The number of fused-ring (bicyclic) bond motifs is 1. The molecule has 0 radical (unpaired) electrons.